The van der Waals surface area contributed by atoms with E-state index in [1.807, 2.05) is 24.3 Å². The SMILES string of the molecule is Cl.Cl.NCC(=O)NCC(=O)NC1CCCN(c2ccccc2Cl)C1. The highest BCUT2D eigenvalue weighted by Gasteiger charge is 2.22. The number of amides is 2. The predicted molar refractivity (Wildman–Crippen MR) is 101 cm³/mol. The second kappa shape index (κ2) is 11.4. The Morgan fingerprint density at radius 1 is 1.25 bits per heavy atom. The summed E-state index contributed by atoms with van der Waals surface area (Å²) in [6.45, 7) is 1.47. The molecule has 9 heteroatoms. The molecule has 1 unspecified atom stereocenters. The fourth-order valence-electron chi connectivity index (χ4n) is 2.55. The van der Waals surface area contributed by atoms with Crippen molar-refractivity contribution in [1.29, 1.82) is 0 Å². The molecule has 24 heavy (non-hydrogen) atoms. The lowest BCUT2D eigenvalue weighted by Gasteiger charge is -2.35. The lowest BCUT2D eigenvalue weighted by atomic mass is 10.0. The van der Waals surface area contributed by atoms with Crippen LogP contribution in [-0.2, 0) is 9.59 Å². The minimum Gasteiger partial charge on any atom is -0.368 e. The van der Waals surface area contributed by atoms with E-state index >= 15 is 0 Å². The van der Waals surface area contributed by atoms with Crippen LogP contribution in [0.1, 0.15) is 12.8 Å². The van der Waals surface area contributed by atoms with E-state index in [1.165, 1.54) is 0 Å². The van der Waals surface area contributed by atoms with Gasteiger partial charge in [-0.25, -0.2) is 0 Å². The molecule has 0 spiro atoms. The van der Waals surface area contributed by atoms with Crippen LogP contribution in [0.25, 0.3) is 0 Å². The van der Waals surface area contributed by atoms with Gasteiger partial charge in [-0.05, 0) is 25.0 Å². The molecule has 1 aromatic rings. The van der Waals surface area contributed by atoms with Gasteiger partial charge in [0, 0.05) is 19.1 Å². The van der Waals surface area contributed by atoms with Gasteiger partial charge in [-0.3, -0.25) is 9.59 Å². The fourth-order valence-corrected chi connectivity index (χ4v) is 2.81. The Hall–Kier alpha value is -1.21. The number of para-hydroxylation sites is 1. The van der Waals surface area contributed by atoms with Crippen LogP contribution < -0.4 is 21.3 Å². The minimum atomic E-state index is -0.337. The van der Waals surface area contributed by atoms with Crippen LogP contribution in [0, 0.1) is 0 Å². The Labute approximate surface area is 159 Å². The van der Waals surface area contributed by atoms with Crippen molar-refractivity contribution in [2.75, 3.05) is 31.1 Å². The molecule has 1 heterocycles. The number of halogens is 3. The number of piperidine rings is 1. The number of anilines is 1. The maximum atomic E-state index is 11.8. The van der Waals surface area contributed by atoms with E-state index < -0.39 is 0 Å². The zero-order valence-corrected chi connectivity index (χ0v) is 15.6. The Morgan fingerprint density at radius 3 is 2.62 bits per heavy atom. The summed E-state index contributed by atoms with van der Waals surface area (Å²) in [5, 5.41) is 6.11. The molecule has 1 aliphatic heterocycles. The predicted octanol–water partition coefficient (Wildman–Crippen LogP) is 1.34. The van der Waals surface area contributed by atoms with Crippen molar-refractivity contribution in [3.8, 4) is 0 Å². The zero-order chi connectivity index (χ0) is 15.9. The largest absolute Gasteiger partial charge is 0.368 e. The van der Waals surface area contributed by atoms with Gasteiger partial charge in [0.1, 0.15) is 0 Å². The van der Waals surface area contributed by atoms with Crippen LogP contribution >= 0.6 is 36.4 Å². The van der Waals surface area contributed by atoms with Gasteiger partial charge in [-0.15, -0.1) is 24.8 Å². The Bertz CT molecular complexity index is 545. The second-order valence-electron chi connectivity index (χ2n) is 5.28. The average molecular weight is 398 g/mol. The lowest BCUT2D eigenvalue weighted by molar-refractivity contribution is -0.125. The summed E-state index contributed by atoms with van der Waals surface area (Å²) >= 11 is 6.22. The molecule has 1 saturated heterocycles. The Morgan fingerprint density at radius 2 is 1.96 bits per heavy atom. The topological polar surface area (TPSA) is 87.5 Å². The van der Waals surface area contributed by atoms with Gasteiger partial charge in [0.25, 0.3) is 0 Å². The third-order valence-corrected chi connectivity index (χ3v) is 3.93. The highest BCUT2D eigenvalue weighted by atomic mass is 35.5. The zero-order valence-electron chi connectivity index (χ0n) is 13.2. The molecule has 6 nitrogen and oxygen atoms in total. The van der Waals surface area contributed by atoms with Gasteiger partial charge >= 0.3 is 0 Å². The number of nitrogens with two attached hydrogens (primary N) is 1. The number of rotatable bonds is 5. The number of nitrogens with zero attached hydrogens (tertiary/aromatic N) is 1. The first-order valence-electron chi connectivity index (χ1n) is 7.35. The van der Waals surface area contributed by atoms with Crippen LogP contribution in [0.15, 0.2) is 24.3 Å². The summed E-state index contributed by atoms with van der Waals surface area (Å²) in [6.07, 6.45) is 1.89. The number of nitrogens with one attached hydrogen (secondary N) is 2. The third kappa shape index (κ3) is 6.73. The molecule has 0 aliphatic carbocycles. The average Bonchev–Trinajstić information content (AvgIpc) is 2.53. The van der Waals surface area contributed by atoms with Gasteiger partial charge in [0.05, 0.1) is 23.8 Å². The molecular weight excluding hydrogens is 375 g/mol. The van der Waals surface area contributed by atoms with Crippen molar-refractivity contribution >= 4 is 53.9 Å². The van der Waals surface area contributed by atoms with Crippen molar-refractivity contribution in [2.45, 2.75) is 18.9 Å². The van der Waals surface area contributed by atoms with E-state index in [0.717, 1.165) is 25.1 Å². The monoisotopic (exact) mass is 396 g/mol. The van der Waals surface area contributed by atoms with Crippen molar-refractivity contribution < 1.29 is 9.59 Å². The Balaban J connectivity index is 0.00000264. The van der Waals surface area contributed by atoms with Gasteiger partial charge < -0.3 is 21.3 Å². The molecule has 1 aromatic carbocycles. The van der Waals surface area contributed by atoms with E-state index in [2.05, 4.69) is 15.5 Å². The van der Waals surface area contributed by atoms with E-state index in [4.69, 9.17) is 17.3 Å². The quantitative estimate of drug-likeness (QED) is 0.700. The number of benzene rings is 1. The molecule has 1 fully saturated rings. The highest BCUT2D eigenvalue weighted by molar-refractivity contribution is 6.33. The smallest absolute Gasteiger partial charge is 0.239 e. The van der Waals surface area contributed by atoms with Gasteiger partial charge in [0.15, 0.2) is 0 Å². The molecule has 0 saturated carbocycles. The summed E-state index contributed by atoms with van der Waals surface area (Å²) in [6, 6.07) is 7.74. The van der Waals surface area contributed by atoms with Crippen molar-refractivity contribution in [1.82, 2.24) is 10.6 Å². The first-order chi connectivity index (χ1) is 10.6. The van der Waals surface area contributed by atoms with E-state index in [1.54, 1.807) is 0 Å². The molecule has 2 rings (SSSR count). The molecule has 1 aliphatic rings. The number of carbonyl (C=O) groups excluding carboxylic acids is 2. The molecule has 136 valence electrons. The van der Waals surface area contributed by atoms with Crippen molar-refractivity contribution in [3.05, 3.63) is 29.3 Å². The van der Waals surface area contributed by atoms with Gasteiger partial charge in [-0.2, -0.15) is 0 Å². The van der Waals surface area contributed by atoms with Gasteiger partial charge in [-0.1, -0.05) is 23.7 Å². The number of carbonyl (C=O) groups is 2. The summed E-state index contributed by atoms with van der Waals surface area (Å²) in [5.74, 6) is -0.538. The molecule has 4 N–H and O–H groups in total. The van der Waals surface area contributed by atoms with E-state index in [0.29, 0.717) is 11.6 Å². The van der Waals surface area contributed by atoms with E-state index in [9.17, 15) is 9.59 Å². The maximum absolute atomic E-state index is 11.8. The number of hydrogen-bond acceptors (Lipinski definition) is 4. The minimum absolute atomic E-state index is 0. The van der Waals surface area contributed by atoms with Crippen LogP contribution in [0.4, 0.5) is 5.69 Å². The second-order valence-corrected chi connectivity index (χ2v) is 5.69. The highest BCUT2D eigenvalue weighted by Crippen LogP contribution is 2.27. The maximum Gasteiger partial charge on any atom is 0.239 e. The molecule has 0 radical (unpaired) electrons. The summed E-state index contributed by atoms with van der Waals surface area (Å²) in [5.41, 5.74) is 6.16. The Kier molecular flexibility index (Phi) is 10.8. The van der Waals surface area contributed by atoms with E-state index in [-0.39, 0.29) is 55.8 Å². The van der Waals surface area contributed by atoms with Crippen LogP contribution in [0.5, 0.6) is 0 Å². The molecular formula is C15H23Cl3N4O2. The molecule has 1 atom stereocenters. The summed E-state index contributed by atoms with van der Waals surface area (Å²) in [7, 11) is 0. The normalized spacial score (nSPS) is 16.4. The third-order valence-electron chi connectivity index (χ3n) is 3.61. The molecule has 2 amide bonds. The molecule has 0 bridgehead atoms. The van der Waals surface area contributed by atoms with Gasteiger partial charge in [0.2, 0.25) is 11.8 Å². The van der Waals surface area contributed by atoms with Crippen LogP contribution in [0.3, 0.4) is 0 Å². The van der Waals surface area contributed by atoms with Crippen molar-refractivity contribution in [2.24, 2.45) is 5.73 Å². The first kappa shape index (κ1) is 22.8. The molecule has 0 aromatic heterocycles. The van der Waals surface area contributed by atoms with Crippen LogP contribution in [-0.4, -0.2) is 44.0 Å². The van der Waals surface area contributed by atoms with Crippen molar-refractivity contribution in [3.63, 3.8) is 0 Å². The first-order valence-corrected chi connectivity index (χ1v) is 7.73. The standard InChI is InChI=1S/C15H21ClN4O2.2ClH/c16-12-5-1-2-6-13(12)20-7-3-4-11(10-20)19-15(22)9-18-14(21)8-17;;/h1-2,5-6,11H,3-4,7-10,17H2,(H,18,21)(H,19,22);2*1H. The summed E-state index contributed by atoms with van der Waals surface area (Å²) in [4.78, 5) is 25.1. The fraction of sp³-hybridized carbons (Fsp3) is 0.467. The van der Waals surface area contributed by atoms with Crippen LogP contribution in [0.2, 0.25) is 5.02 Å². The lowest BCUT2D eigenvalue weighted by Crippen LogP contribution is -2.50. The number of hydrogen-bond donors (Lipinski definition) is 3. The summed E-state index contributed by atoms with van der Waals surface area (Å²) < 4.78 is 0.